The van der Waals surface area contributed by atoms with Gasteiger partial charge in [-0.2, -0.15) is 0 Å². The fraction of sp³-hybridized carbons (Fsp3) is 1.00. The van der Waals surface area contributed by atoms with Crippen LogP contribution in [0.3, 0.4) is 0 Å². The fourth-order valence-corrected chi connectivity index (χ4v) is 1.89. The lowest BCUT2D eigenvalue weighted by Gasteiger charge is -2.13. The van der Waals surface area contributed by atoms with Gasteiger partial charge in [0.15, 0.2) is 0 Å². The molecule has 0 aliphatic heterocycles. The molecule has 0 aliphatic carbocycles. The zero-order valence-electron chi connectivity index (χ0n) is 10.3. The normalized spacial score (nSPS) is 15.4. The Labute approximate surface area is 89.9 Å². The molecule has 1 N–H and O–H groups in total. The maximum atomic E-state index is 9.69. The molecule has 0 rings (SSSR count). The summed E-state index contributed by atoms with van der Waals surface area (Å²) in [5.41, 5.74) is 0. The van der Waals surface area contributed by atoms with Gasteiger partial charge in [-0.1, -0.05) is 52.9 Å². The van der Waals surface area contributed by atoms with Gasteiger partial charge in [0, 0.05) is 0 Å². The van der Waals surface area contributed by atoms with Gasteiger partial charge in [-0.05, 0) is 25.2 Å². The molecule has 0 radical (unpaired) electrons. The van der Waals surface area contributed by atoms with Gasteiger partial charge in [-0.25, -0.2) is 0 Å². The maximum Gasteiger partial charge on any atom is 0.0540 e. The lowest BCUT2D eigenvalue weighted by Crippen LogP contribution is -2.08. The molecular formula is C13H28O. The molecule has 14 heavy (non-hydrogen) atoms. The molecule has 0 aromatic heterocycles. The highest BCUT2D eigenvalue weighted by molar-refractivity contribution is 4.60. The van der Waals surface area contributed by atoms with Crippen LogP contribution in [0.15, 0.2) is 0 Å². The Morgan fingerprint density at radius 3 is 2.14 bits per heavy atom. The molecule has 0 aromatic carbocycles. The van der Waals surface area contributed by atoms with Crippen LogP contribution in [-0.2, 0) is 0 Å². The van der Waals surface area contributed by atoms with Crippen molar-refractivity contribution < 1.29 is 5.11 Å². The van der Waals surface area contributed by atoms with Gasteiger partial charge < -0.3 is 5.11 Å². The van der Waals surface area contributed by atoms with Crippen LogP contribution in [0.1, 0.15) is 72.1 Å². The highest BCUT2D eigenvalue weighted by atomic mass is 16.3. The summed E-state index contributed by atoms with van der Waals surface area (Å²) < 4.78 is 0. The van der Waals surface area contributed by atoms with E-state index in [0.717, 1.165) is 18.8 Å². The average molecular weight is 200 g/mol. The monoisotopic (exact) mass is 200 g/mol. The molecule has 0 fully saturated rings. The molecule has 2 atom stereocenters. The van der Waals surface area contributed by atoms with E-state index in [0.29, 0.717) is 0 Å². The summed E-state index contributed by atoms with van der Waals surface area (Å²) in [6.07, 6.45) is 9.45. The van der Waals surface area contributed by atoms with Crippen LogP contribution < -0.4 is 0 Å². The van der Waals surface area contributed by atoms with Gasteiger partial charge in [0.05, 0.1) is 6.10 Å². The molecule has 0 spiro atoms. The van der Waals surface area contributed by atoms with Crippen LogP contribution in [0.5, 0.6) is 0 Å². The SMILES string of the molecule is CCCCC[C@H](O)CC[C@@H](C)CCC. The van der Waals surface area contributed by atoms with E-state index in [4.69, 9.17) is 0 Å². The molecule has 0 amide bonds. The molecular weight excluding hydrogens is 172 g/mol. The number of hydrogen-bond acceptors (Lipinski definition) is 1. The van der Waals surface area contributed by atoms with Crippen molar-refractivity contribution in [1.29, 1.82) is 0 Å². The summed E-state index contributed by atoms with van der Waals surface area (Å²) in [5, 5.41) is 9.69. The third-order valence-electron chi connectivity index (χ3n) is 2.92. The molecule has 0 aliphatic rings. The van der Waals surface area contributed by atoms with E-state index in [1.165, 1.54) is 38.5 Å². The highest BCUT2D eigenvalue weighted by Gasteiger charge is 2.06. The van der Waals surface area contributed by atoms with Crippen molar-refractivity contribution in [3.8, 4) is 0 Å². The molecule has 0 aromatic rings. The molecule has 0 bridgehead atoms. The van der Waals surface area contributed by atoms with Crippen molar-refractivity contribution in [3.05, 3.63) is 0 Å². The predicted molar refractivity (Wildman–Crippen MR) is 63.5 cm³/mol. The van der Waals surface area contributed by atoms with Gasteiger partial charge >= 0.3 is 0 Å². The third-order valence-corrected chi connectivity index (χ3v) is 2.92. The average Bonchev–Trinajstić information content (AvgIpc) is 2.16. The second-order valence-electron chi connectivity index (χ2n) is 4.62. The molecule has 0 heterocycles. The number of hydrogen-bond donors (Lipinski definition) is 1. The van der Waals surface area contributed by atoms with E-state index in [2.05, 4.69) is 20.8 Å². The first-order valence-corrected chi connectivity index (χ1v) is 6.38. The third kappa shape index (κ3) is 8.55. The molecule has 0 saturated carbocycles. The predicted octanol–water partition coefficient (Wildman–Crippen LogP) is 4.14. The second kappa shape index (κ2) is 9.51. The van der Waals surface area contributed by atoms with Crippen LogP contribution in [0, 0.1) is 5.92 Å². The van der Waals surface area contributed by atoms with Crippen LogP contribution in [0.2, 0.25) is 0 Å². The standard InChI is InChI=1S/C13H28O/c1-4-6-7-9-13(14)11-10-12(3)8-5-2/h12-14H,4-11H2,1-3H3/t12-,13-/m0/s1. The van der Waals surface area contributed by atoms with Crippen molar-refractivity contribution >= 4 is 0 Å². The van der Waals surface area contributed by atoms with E-state index in [-0.39, 0.29) is 6.10 Å². The summed E-state index contributed by atoms with van der Waals surface area (Å²) in [5.74, 6) is 0.792. The molecule has 1 heteroatoms. The zero-order chi connectivity index (χ0) is 10.8. The Morgan fingerprint density at radius 1 is 0.857 bits per heavy atom. The van der Waals surface area contributed by atoms with E-state index in [1.807, 2.05) is 0 Å². The second-order valence-corrected chi connectivity index (χ2v) is 4.62. The van der Waals surface area contributed by atoms with E-state index in [1.54, 1.807) is 0 Å². The quantitative estimate of drug-likeness (QED) is 0.554. The van der Waals surface area contributed by atoms with Crippen molar-refractivity contribution in [2.75, 3.05) is 0 Å². The molecule has 1 nitrogen and oxygen atoms in total. The Balaban J connectivity index is 3.29. The van der Waals surface area contributed by atoms with Crippen LogP contribution in [-0.4, -0.2) is 11.2 Å². The largest absolute Gasteiger partial charge is 0.393 e. The Hall–Kier alpha value is -0.0400. The smallest absolute Gasteiger partial charge is 0.0540 e. The zero-order valence-corrected chi connectivity index (χ0v) is 10.3. The molecule has 0 unspecified atom stereocenters. The van der Waals surface area contributed by atoms with Crippen molar-refractivity contribution in [3.63, 3.8) is 0 Å². The lowest BCUT2D eigenvalue weighted by atomic mass is 9.96. The summed E-state index contributed by atoms with van der Waals surface area (Å²) in [4.78, 5) is 0. The maximum absolute atomic E-state index is 9.69. The van der Waals surface area contributed by atoms with E-state index < -0.39 is 0 Å². The van der Waals surface area contributed by atoms with Crippen molar-refractivity contribution in [2.24, 2.45) is 5.92 Å². The minimum Gasteiger partial charge on any atom is -0.393 e. The van der Waals surface area contributed by atoms with Crippen LogP contribution in [0.25, 0.3) is 0 Å². The summed E-state index contributed by atoms with van der Waals surface area (Å²) in [7, 11) is 0. The minimum absolute atomic E-state index is 0.0409. The number of aliphatic hydroxyl groups is 1. The van der Waals surface area contributed by atoms with Crippen molar-refractivity contribution in [2.45, 2.75) is 78.2 Å². The Kier molecular flexibility index (Phi) is 9.49. The number of aliphatic hydroxyl groups excluding tert-OH is 1. The highest BCUT2D eigenvalue weighted by Crippen LogP contribution is 2.16. The summed E-state index contributed by atoms with van der Waals surface area (Å²) in [6.45, 7) is 6.73. The summed E-state index contributed by atoms with van der Waals surface area (Å²) in [6, 6.07) is 0. The Bertz CT molecular complexity index is 112. The lowest BCUT2D eigenvalue weighted by molar-refractivity contribution is 0.142. The first-order chi connectivity index (χ1) is 6.70. The van der Waals surface area contributed by atoms with Gasteiger partial charge in [0.25, 0.3) is 0 Å². The molecule has 0 saturated heterocycles. The first-order valence-electron chi connectivity index (χ1n) is 6.38. The minimum atomic E-state index is -0.0409. The number of unbranched alkanes of at least 4 members (excludes halogenated alkanes) is 2. The topological polar surface area (TPSA) is 20.2 Å². The van der Waals surface area contributed by atoms with Crippen molar-refractivity contribution in [1.82, 2.24) is 0 Å². The number of rotatable bonds is 9. The van der Waals surface area contributed by atoms with Gasteiger partial charge in [-0.3, -0.25) is 0 Å². The van der Waals surface area contributed by atoms with Gasteiger partial charge in [0.2, 0.25) is 0 Å². The van der Waals surface area contributed by atoms with Crippen LogP contribution >= 0.6 is 0 Å². The van der Waals surface area contributed by atoms with E-state index >= 15 is 0 Å². The molecule has 86 valence electrons. The Morgan fingerprint density at radius 2 is 1.57 bits per heavy atom. The fourth-order valence-electron chi connectivity index (χ4n) is 1.89. The first kappa shape index (κ1) is 14.0. The van der Waals surface area contributed by atoms with Crippen LogP contribution in [0.4, 0.5) is 0 Å². The van der Waals surface area contributed by atoms with Gasteiger partial charge in [-0.15, -0.1) is 0 Å². The van der Waals surface area contributed by atoms with E-state index in [9.17, 15) is 5.11 Å². The van der Waals surface area contributed by atoms with Gasteiger partial charge in [0.1, 0.15) is 0 Å². The summed E-state index contributed by atoms with van der Waals surface area (Å²) >= 11 is 0.